The monoisotopic (exact) mass is 298 g/mol. The first-order chi connectivity index (χ1) is 9.43. The number of amides is 1. The average Bonchev–Trinajstić information content (AvgIpc) is 2.88. The van der Waals surface area contributed by atoms with Gasteiger partial charge in [-0.05, 0) is 36.6 Å². The molecule has 0 aliphatic carbocycles. The van der Waals surface area contributed by atoms with E-state index >= 15 is 0 Å². The number of sulfonamides is 1. The molecule has 1 amide bonds. The molecule has 2 N–H and O–H groups in total. The molecule has 2 rings (SSSR count). The highest BCUT2D eigenvalue weighted by atomic mass is 32.2. The fraction of sp³-hybridized carbons (Fsp3) is 0.462. The van der Waals surface area contributed by atoms with Gasteiger partial charge in [-0.25, -0.2) is 8.42 Å². The van der Waals surface area contributed by atoms with Crippen LogP contribution in [0.25, 0.3) is 0 Å². The van der Waals surface area contributed by atoms with Crippen molar-refractivity contribution in [1.29, 1.82) is 0 Å². The van der Waals surface area contributed by atoms with Crippen LogP contribution >= 0.6 is 0 Å². The van der Waals surface area contributed by atoms with Crippen LogP contribution in [0.4, 0.5) is 5.69 Å². The number of hydrogen-bond acceptors (Lipinski definition) is 4. The summed E-state index contributed by atoms with van der Waals surface area (Å²) in [6.45, 7) is 2.19. The SMILES string of the molecule is CC(=O)Nc1ccc(S(=O)(=O)N2CCC(CO)C2)cc1. The smallest absolute Gasteiger partial charge is 0.243 e. The van der Waals surface area contributed by atoms with Crippen molar-refractivity contribution in [3.63, 3.8) is 0 Å². The summed E-state index contributed by atoms with van der Waals surface area (Å²) in [5.74, 6) is -0.186. The van der Waals surface area contributed by atoms with Gasteiger partial charge >= 0.3 is 0 Å². The van der Waals surface area contributed by atoms with E-state index in [0.29, 0.717) is 25.2 Å². The quantitative estimate of drug-likeness (QED) is 0.854. The molecule has 1 aromatic rings. The van der Waals surface area contributed by atoms with Crippen LogP contribution in [0.15, 0.2) is 29.2 Å². The van der Waals surface area contributed by atoms with Crippen LogP contribution in [0.3, 0.4) is 0 Å². The predicted molar refractivity (Wildman–Crippen MR) is 74.7 cm³/mol. The minimum Gasteiger partial charge on any atom is -0.396 e. The van der Waals surface area contributed by atoms with Crippen molar-refractivity contribution in [2.75, 3.05) is 25.0 Å². The van der Waals surface area contributed by atoms with Crippen molar-refractivity contribution in [2.24, 2.45) is 5.92 Å². The van der Waals surface area contributed by atoms with Gasteiger partial charge in [0.2, 0.25) is 15.9 Å². The van der Waals surface area contributed by atoms with Gasteiger partial charge in [0.1, 0.15) is 0 Å². The number of rotatable bonds is 4. The highest BCUT2D eigenvalue weighted by molar-refractivity contribution is 7.89. The maximum atomic E-state index is 12.4. The number of carbonyl (C=O) groups is 1. The molecule has 0 radical (unpaired) electrons. The molecule has 1 atom stereocenters. The number of nitrogens with one attached hydrogen (secondary N) is 1. The number of hydrogen-bond donors (Lipinski definition) is 2. The first-order valence-electron chi connectivity index (χ1n) is 6.42. The predicted octanol–water partition coefficient (Wildman–Crippen LogP) is 0.648. The second-order valence-corrected chi connectivity index (χ2v) is 6.84. The maximum Gasteiger partial charge on any atom is 0.243 e. The lowest BCUT2D eigenvalue weighted by atomic mass is 10.1. The maximum absolute atomic E-state index is 12.4. The molecule has 1 heterocycles. The van der Waals surface area contributed by atoms with Crippen LogP contribution in [-0.4, -0.2) is 43.4 Å². The first kappa shape index (κ1) is 15.0. The third-order valence-electron chi connectivity index (χ3n) is 3.32. The molecule has 7 heteroatoms. The molecule has 0 saturated carbocycles. The topological polar surface area (TPSA) is 86.7 Å². The van der Waals surface area contributed by atoms with Crippen molar-refractivity contribution >= 4 is 21.6 Å². The number of carbonyl (C=O) groups excluding carboxylic acids is 1. The molecular formula is C13H18N2O4S. The van der Waals surface area contributed by atoms with E-state index in [1.165, 1.54) is 23.4 Å². The third kappa shape index (κ3) is 3.17. The second-order valence-electron chi connectivity index (χ2n) is 4.91. The summed E-state index contributed by atoms with van der Waals surface area (Å²) in [6, 6.07) is 6.08. The Morgan fingerprint density at radius 2 is 2.05 bits per heavy atom. The Hall–Kier alpha value is -1.44. The molecule has 0 aromatic heterocycles. The van der Waals surface area contributed by atoms with Crippen LogP contribution < -0.4 is 5.32 Å². The zero-order chi connectivity index (χ0) is 14.8. The van der Waals surface area contributed by atoms with Gasteiger partial charge in [-0.3, -0.25) is 4.79 Å². The minimum atomic E-state index is -3.52. The van der Waals surface area contributed by atoms with Crippen molar-refractivity contribution in [3.8, 4) is 0 Å². The van der Waals surface area contributed by atoms with Crippen LogP contribution in [0.2, 0.25) is 0 Å². The lowest BCUT2D eigenvalue weighted by Crippen LogP contribution is -2.29. The van der Waals surface area contributed by atoms with Gasteiger partial charge < -0.3 is 10.4 Å². The summed E-state index contributed by atoms with van der Waals surface area (Å²) in [6.07, 6.45) is 0.680. The number of aliphatic hydroxyl groups is 1. The lowest BCUT2D eigenvalue weighted by molar-refractivity contribution is -0.114. The van der Waals surface area contributed by atoms with Gasteiger partial charge in [0, 0.05) is 32.3 Å². The molecule has 1 unspecified atom stereocenters. The van der Waals surface area contributed by atoms with E-state index in [-0.39, 0.29) is 23.3 Å². The fourth-order valence-electron chi connectivity index (χ4n) is 2.23. The Kier molecular flexibility index (Phi) is 4.42. The Labute approximate surface area is 118 Å². The van der Waals surface area contributed by atoms with Crippen LogP contribution in [0.5, 0.6) is 0 Å². The zero-order valence-electron chi connectivity index (χ0n) is 11.2. The molecular weight excluding hydrogens is 280 g/mol. The summed E-state index contributed by atoms with van der Waals surface area (Å²) in [4.78, 5) is 11.1. The molecule has 1 aliphatic heterocycles. The summed E-state index contributed by atoms with van der Waals surface area (Å²) in [7, 11) is -3.52. The summed E-state index contributed by atoms with van der Waals surface area (Å²) in [5.41, 5.74) is 0.561. The van der Waals surface area contributed by atoms with E-state index in [4.69, 9.17) is 5.11 Å². The lowest BCUT2D eigenvalue weighted by Gasteiger charge is -2.16. The molecule has 1 aromatic carbocycles. The summed E-state index contributed by atoms with van der Waals surface area (Å²) < 4.78 is 26.2. The van der Waals surface area contributed by atoms with E-state index in [0.717, 1.165) is 0 Å². The molecule has 1 aliphatic rings. The normalized spacial score (nSPS) is 20.0. The number of aliphatic hydroxyl groups excluding tert-OH is 1. The van der Waals surface area contributed by atoms with Gasteiger partial charge in [0.05, 0.1) is 4.90 Å². The van der Waals surface area contributed by atoms with Crippen LogP contribution in [0, 0.1) is 5.92 Å². The van der Waals surface area contributed by atoms with Gasteiger partial charge in [-0.15, -0.1) is 0 Å². The van der Waals surface area contributed by atoms with Gasteiger partial charge in [0.25, 0.3) is 0 Å². The first-order valence-corrected chi connectivity index (χ1v) is 7.86. The molecule has 20 heavy (non-hydrogen) atoms. The average molecular weight is 298 g/mol. The van der Waals surface area contributed by atoms with Crippen molar-refractivity contribution in [3.05, 3.63) is 24.3 Å². The Morgan fingerprint density at radius 1 is 1.40 bits per heavy atom. The number of benzene rings is 1. The minimum absolute atomic E-state index is 0.00743. The highest BCUT2D eigenvalue weighted by Crippen LogP contribution is 2.24. The van der Waals surface area contributed by atoms with Gasteiger partial charge in [-0.1, -0.05) is 0 Å². The Morgan fingerprint density at radius 3 is 2.55 bits per heavy atom. The second kappa shape index (κ2) is 5.90. The Bertz CT molecular complexity index is 583. The summed E-state index contributed by atoms with van der Waals surface area (Å²) >= 11 is 0. The Balaban J connectivity index is 2.16. The van der Waals surface area contributed by atoms with Gasteiger partial charge in [0.15, 0.2) is 0 Å². The molecule has 6 nitrogen and oxygen atoms in total. The zero-order valence-corrected chi connectivity index (χ0v) is 12.1. The van der Waals surface area contributed by atoms with Crippen LogP contribution in [-0.2, 0) is 14.8 Å². The molecule has 1 fully saturated rings. The summed E-state index contributed by atoms with van der Waals surface area (Å²) in [5, 5.41) is 11.7. The number of anilines is 1. The van der Waals surface area contributed by atoms with E-state index in [2.05, 4.69) is 5.32 Å². The van der Waals surface area contributed by atoms with Crippen LogP contribution in [0.1, 0.15) is 13.3 Å². The third-order valence-corrected chi connectivity index (χ3v) is 5.20. The standard InChI is InChI=1S/C13H18N2O4S/c1-10(17)14-12-2-4-13(5-3-12)20(18,19)15-7-6-11(8-15)9-16/h2-5,11,16H,6-9H2,1H3,(H,14,17). The molecule has 110 valence electrons. The van der Waals surface area contributed by atoms with Gasteiger partial charge in [-0.2, -0.15) is 4.31 Å². The van der Waals surface area contributed by atoms with E-state index in [1.54, 1.807) is 12.1 Å². The van der Waals surface area contributed by atoms with E-state index in [9.17, 15) is 13.2 Å². The fourth-order valence-corrected chi connectivity index (χ4v) is 3.76. The largest absolute Gasteiger partial charge is 0.396 e. The molecule has 0 spiro atoms. The van der Waals surface area contributed by atoms with E-state index in [1.807, 2.05) is 0 Å². The van der Waals surface area contributed by atoms with Crippen molar-refractivity contribution in [2.45, 2.75) is 18.2 Å². The van der Waals surface area contributed by atoms with Crippen molar-refractivity contribution < 1.29 is 18.3 Å². The van der Waals surface area contributed by atoms with Crippen molar-refractivity contribution in [1.82, 2.24) is 4.31 Å². The molecule has 1 saturated heterocycles. The number of nitrogens with zero attached hydrogens (tertiary/aromatic N) is 1. The molecule has 0 bridgehead atoms. The van der Waals surface area contributed by atoms with E-state index < -0.39 is 10.0 Å². The highest BCUT2D eigenvalue weighted by Gasteiger charge is 2.32.